The van der Waals surface area contributed by atoms with E-state index in [2.05, 4.69) is 15.5 Å². The Morgan fingerprint density at radius 1 is 0.833 bits per heavy atom. The van der Waals surface area contributed by atoms with Crippen LogP contribution in [0.4, 0.5) is 0 Å². The van der Waals surface area contributed by atoms with Crippen LogP contribution in [-0.2, 0) is 0 Å². The molecule has 0 bridgehead atoms. The first-order chi connectivity index (χ1) is 5.97. The lowest BCUT2D eigenvalue weighted by molar-refractivity contribution is 0.144. The van der Waals surface area contributed by atoms with Gasteiger partial charge in [-0.15, -0.1) is 0 Å². The fourth-order valence-corrected chi connectivity index (χ4v) is 2.22. The Kier molecular flexibility index (Phi) is 2.98. The first kappa shape index (κ1) is 8.48. The monoisotopic (exact) mass is 169 g/mol. The Hall–Kier alpha value is -0.120. The molecule has 0 spiro atoms. The van der Waals surface area contributed by atoms with Crippen molar-refractivity contribution in [1.82, 2.24) is 15.5 Å². The number of piperidine rings is 1. The molecule has 0 aromatic heterocycles. The molecule has 0 amide bonds. The van der Waals surface area contributed by atoms with Gasteiger partial charge >= 0.3 is 0 Å². The highest BCUT2D eigenvalue weighted by Crippen LogP contribution is 2.11. The summed E-state index contributed by atoms with van der Waals surface area (Å²) in [5.74, 6) is 0. The van der Waals surface area contributed by atoms with Crippen molar-refractivity contribution in [3.05, 3.63) is 0 Å². The van der Waals surface area contributed by atoms with Crippen molar-refractivity contribution in [3.63, 3.8) is 0 Å². The largest absolute Gasteiger partial charge is 0.317 e. The van der Waals surface area contributed by atoms with E-state index in [0.717, 1.165) is 6.04 Å². The molecule has 3 heteroatoms. The summed E-state index contributed by atoms with van der Waals surface area (Å²) in [6.07, 6.45) is 2.69. The van der Waals surface area contributed by atoms with Crippen molar-refractivity contribution in [3.8, 4) is 0 Å². The van der Waals surface area contributed by atoms with E-state index in [1.54, 1.807) is 0 Å². The van der Waals surface area contributed by atoms with Gasteiger partial charge in [-0.3, -0.25) is 4.90 Å². The lowest BCUT2D eigenvalue weighted by Crippen LogP contribution is -2.51. The third kappa shape index (κ3) is 1.97. The quantitative estimate of drug-likeness (QED) is 0.561. The van der Waals surface area contributed by atoms with Crippen molar-refractivity contribution >= 4 is 0 Å². The Morgan fingerprint density at radius 2 is 1.42 bits per heavy atom. The molecule has 12 heavy (non-hydrogen) atoms. The summed E-state index contributed by atoms with van der Waals surface area (Å²) < 4.78 is 0. The highest BCUT2D eigenvalue weighted by Gasteiger charge is 2.21. The minimum Gasteiger partial charge on any atom is -0.317 e. The first-order valence-corrected chi connectivity index (χ1v) is 5.12. The summed E-state index contributed by atoms with van der Waals surface area (Å²) in [5, 5.41) is 6.81. The van der Waals surface area contributed by atoms with Gasteiger partial charge in [-0.2, -0.15) is 0 Å². The van der Waals surface area contributed by atoms with Gasteiger partial charge < -0.3 is 10.6 Å². The van der Waals surface area contributed by atoms with Gasteiger partial charge in [0.15, 0.2) is 0 Å². The maximum absolute atomic E-state index is 3.41. The third-order valence-corrected chi connectivity index (χ3v) is 2.98. The number of piperazine rings is 1. The molecule has 2 N–H and O–H groups in total. The molecule has 0 aromatic rings. The van der Waals surface area contributed by atoms with Crippen LogP contribution in [-0.4, -0.2) is 50.2 Å². The number of rotatable bonds is 1. The summed E-state index contributed by atoms with van der Waals surface area (Å²) in [6, 6.07) is 0.869. The summed E-state index contributed by atoms with van der Waals surface area (Å²) in [7, 11) is 0. The van der Waals surface area contributed by atoms with E-state index < -0.39 is 0 Å². The van der Waals surface area contributed by atoms with E-state index in [1.807, 2.05) is 0 Å². The second-order valence-electron chi connectivity index (χ2n) is 3.77. The van der Waals surface area contributed by atoms with Gasteiger partial charge in [-0.25, -0.2) is 0 Å². The van der Waals surface area contributed by atoms with Crippen LogP contribution >= 0.6 is 0 Å². The number of hydrogen-bond donors (Lipinski definition) is 2. The van der Waals surface area contributed by atoms with E-state index in [0.29, 0.717) is 0 Å². The molecule has 2 rings (SSSR count). The van der Waals surface area contributed by atoms with Crippen LogP contribution in [0.25, 0.3) is 0 Å². The second kappa shape index (κ2) is 4.21. The Labute approximate surface area is 74.5 Å². The Morgan fingerprint density at radius 3 is 2.08 bits per heavy atom. The SMILES string of the molecule is C1CC(N2CCNCC2)CCN1. The van der Waals surface area contributed by atoms with E-state index in [4.69, 9.17) is 0 Å². The van der Waals surface area contributed by atoms with E-state index in [9.17, 15) is 0 Å². The highest BCUT2D eigenvalue weighted by molar-refractivity contribution is 4.80. The van der Waals surface area contributed by atoms with Gasteiger partial charge in [0.2, 0.25) is 0 Å². The van der Waals surface area contributed by atoms with Crippen LogP contribution in [0.15, 0.2) is 0 Å². The molecule has 2 aliphatic heterocycles. The van der Waals surface area contributed by atoms with Gasteiger partial charge in [0, 0.05) is 32.2 Å². The van der Waals surface area contributed by atoms with E-state index in [-0.39, 0.29) is 0 Å². The predicted octanol–water partition coefficient (Wildman–Crippen LogP) is -0.356. The molecule has 2 aliphatic rings. The van der Waals surface area contributed by atoms with Crippen LogP contribution in [0.3, 0.4) is 0 Å². The zero-order valence-electron chi connectivity index (χ0n) is 7.68. The number of nitrogens with zero attached hydrogens (tertiary/aromatic N) is 1. The summed E-state index contributed by atoms with van der Waals surface area (Å²) in [4.78, 5) is 2.65. The third-order valence-electron chi connectivity index (χ3n) is 2.98. The van der Waals surface area contributed by atoms with Gasteiger partial charge in [-0.05, 0) is 25.9 Å². The molecular formula is C9H19N3. The fourth-order valence-electron chi connectivity index (χ4n) is 2.22. The lowest BCUT2D eigenvalue weighted by Gasteiger charge is -2.37. The molecule has 0 radical (unpaired) electrons. The average molecular weight is 169 g/mol. The minimum atomic E-state index is 0.869. The van der Waals surface area contributed by atoms with Crippen molar-refractivity contribution in [1.29, 1.82) is 0 Å². The van der Waals surface area contributed by atoms with Crippen LogP contribution in [0, 0.1) is 0 Å². The maximum Gasteiger partial charge on any atom is 0.0120 e. The van der Waals surface area contributed by atoms with Crippen LogP contribution in [0.1, 0.15) is 12.8 Å². The molecule has 2 saturated heterocycles. The molecule has 0 unspecified atom stereocenters. The first-order valence-electron chi connectivity index (χ1n) is 5.12. The lowest BCUT2D eigenvalue weighted by atomic mass is 10.0. The molecule has 2 heterocycles. The van der Waals surface area contributed by atoms with Gasteiger partial charge in [0.25, 0.3) is 0 Å². The average Bonchev–Trinajstić information content (AvgIpc) is 2.21. The van der Waals surface area contributed by atoms with Gasteiger partial charge in [0.05, 0.1) is 0 Å². The molecule has 0 atom stereocenters. The predicted molar refractivity (Wildman–Crippen MR) is 50.3 cm³/mol. The van der Waals surface area contributed by atoms with Crippen molar-refractivity contribution in [2.45, 2.75) is 18.9 Å². The highest BCUT2D eigenvalue weighted by atomic mass is 15.2. The zero-order chi connectivity index (χ0) is 8.23. The minimum absolute atomic E-state index is 0.869. The van der Waals surface area contributed by atoms with Gasteiger partial charge in [0.1, 0.15) is 0 Å². The van der Waals surface area contributed by atoms with E-state index >= 15 is 0 Å². The molecule has 0 aromatic carbocycles. The Balaban J connectivity index is 1.80. The van der Waals surface area contributed by atoms with Crippen molar-refractivity contribution < 1.29 is 0 Å². The van der Waals surface area contributed by atoms with Crippen LogP contribution in [0.5, 0.6) is 0 Å². The van der Waals surface area contributed by atoms with Crippen LogP contribution in [0.2, 0.25) is 0 Å². The molecule has 0 aliphatic carbocycles. The normalized spacial score (nSPS) is 29.0. The smallest absolute Gasteiger partial charge is 0.0120 e. The van der Waals surface area contributed by atoms with Crippen molar-refractivity contribution in [2.24, 2.45) is 0 Å². The number of hydrogen-bond acceptors (Lipinski definition) is 3. The molecule has 3 nitrogen and oxygen atoms in total. The molecule has 2 fully saturated rings. The molecule has 0 saturated carbocycles. The maximum atomic E-state index is 3.41. The van der Waals surface area contributed by atoms with Crippen LogP contribution < -0.4 is 10.6 Å². The molecular weight excluding hydrogens is 150 g/mol. The fraction of sp³-hybridized carbons (Fsp3) is 1.00. The van der Waals surface area contributed by atoms with E-state index in [1.165, 1.54) is 52.1 Å². The number of nitrogens with one attached hydrogen (secondary N) is 2. The van der Waals surface area contributed by atoms with Gasteiger partial charge in [-0.1, -0.05) is 0 Å². The zero-order valence-corrected chi connectivity index (χ0v) is 7.68. The topological polar surface area (TPSA) is 27.3 Å². The second-order valence-corrected chi connectivity index (χ2v) is 3.77. The standard InChI is InChI=1S/C9H19N3/c1-3-10-4-2-9(1)12-7-5-11-6-8-12/h9-11H,1-8H2. The molecule has 70 valence electrons. The Bertz CT molecular complexity index is 110. The van der Waals surface area contributed by atoms with Crippen molar-refractivity contribution in [2.75, 3.05) is 39.3 Å². The summed E-state index contributed by atoms with van der Waals surface area (Å²) in [5.41, 5.74) is 0. The summed E-state index contributed by atoms with van der Waals surface area (Å²) >= 11 is 0. The summed E-state index contributed by atoms with van der Waals surface area (Å²) in [6.45, 7) is 7.31.